The van der Waals surface area contributed by atoms with Gasteiger partial charge in [0.15, 0.2) is 5.82 Å². The van der Waals surface area contributed by atoms with Crippen LogP contribution in [0.15, 0.2) is 4.52 Å². The second-order valence-electron chi connectivity index (χ2n) is 6.24. The molecule has 1 atom stereocenters. The molecule has 0 unspecified atom stereocenters. The molecule has 0 bridgehead atoms. The first-order valence-electron chi connectivity index (χ1n) is 7.03. The topological polar surface area (TPSA) is 59.2 Å². The minimum Gasteiger partial charge on any atom is -0.342 e. The third kappa shape index (κ3) is 3.14. The standard InChI is InChI=1S/C14H23N3O2/c1-5-11-15-12(16-19-11)10-7-6-8-17(9-10)13(18)14(2,3)4/h10H,5-9H2,1-4H3/t10-/m0/s1. The van der Waals surface area contributed by atoms with E-state index in [2.05, 4.69) is 10.1 Å². The molecule has 19 heavy (non-hydrogen) atoms. The quantitative estimate of drug-likeness (QED) is 0.823. The first kappa shape index (κ1) is 14.0. The Morgan fingerprint density at radius 2 is 2.21 bits per heavy atom. The summed E-state index contributed by atoms with van der Waals surface area (Å²) < 4.78 is 5.17. The fourth-order valence-electron chi connectivity index (χ4n) is 2.42. The van der Waals surface area contributed by atoms with Gasteiger partial charge >= 0.3 is 0 Å². The molecule has 1 aliphatic rings. The molecule has 5 heteroatoms. The third-order valence-electron chi connectivity index (χ3n) is 3.50. The average molecular weight is 265 g/mol. The first-order chi connectivity index (χ1) is 8.91. The Morgan fingerprint density at radius 1 is 1.47 bits per heavy atom. The number of rotatable bonds is 2. The van der Waals surface area contributed by atoms with E-state index < -0.39 is 0 Å². The van der Waals surface area contributed by atoms with Crippen molar-refractivity contribution >= 4 is 5.91 Å². The fraction of sp³-hybridized carbons (Fsp3) is 0.786. The van der Waals surface area contributed by atoms with Crippen molar-refractivity contribution in [1.29, 1.82) is 0 Å². The van der Waals surface area contributed by atoms with E-state index in [0.717, 1.165) is 31.6 Å². The van der Waals surface area contributed by atoms with E-state index in [4.69, 9.17) is 4.52 Å². The number of carbonyl (C=O) groups excluding carboxylic acids is 1. The fourth-order valence-corrected chi connectivity index (χ4v) is 2.42. The number of carbonyl (C=O) groups is 1. The molecule has 5 nitrogen and oxygen atoms in total. The van der Waals surface area contributed by atoms with Crippen LogP contribution >= 0.6 is 0 Å². The highest BCUT2D eigenvalue weighted by Gasteiger charge is 2.32. The number of hydrogen-bond donors (Lipinski definition) is 0. The molecule has 1 saturated heterocycles. The molecular formula is C14H23N3O2. The van der Waals surface area contributed by atoms with Crippen LogP contribution in [0.25, 0.3) is 0 Å². The summed E-state index contributed by atoms with van der Waals surface area (Å²) in [4.78, 5) is 18.7. The van der Waals surface area contributed by atoms with Crippen LogP contribution in [-0.2, 0) is 11.2 Å². The lowest BCUT2D eigenvalue weighted by Gasteiger charge is -2.35. The molecule has 2 rings (SSSR count). The largest absolute Gasteiger partial charge is 0.342 e. The molecule has 0 aromatic carbocycles. The van der Waals surface area contributed by atoms with Crippen LogP contribution in [0, 0.1) is 5.41 Å². The zero-order valence-electron chi connectivity index (χ0n) is 12.3. The maximum absolute atomic E-state index is 12.3. The van der Waals surface area contributed by atoms with Crippen molar-refractivity contribution in [2.75, 3.05) is 13.1 Å². The van der Waals surface area contributed by atoms with Crippen molar-refractivity contribution in [3.63, 3.8) is 0 Å². The minimum atomic E-state index is -0.326. The van der Waals surface area contributed by atoms with Gasteiger partial charge in [-0.1, -0.05) is 32.9 Å². The van der Waals surface area contributed by atoms with Gasteiger partial charge in [-0.25, -0.2) is 0 Å². The number of likely N-dealkylation sites (tertiary alicyclic amines) is 1. The van der Waals surface area contributed by atoms with Crippen molar-refractivity contribution in [2.45, 2.75) is 52.9 Å². The molecule has 0 N–H and O–H groups in total. The Bertz CT molecular complexity index is 448. The van der Waals surface area contributed by atoms with Crippen LogP contribution in [0.1, 0.15) is 58.2 Å². The zero-order valence-corrected chi connectivity index (χ0v) is 12.3. The maximum atomic E-state index is 12.3. The summed E-state index contributed by atoms with van der Waals surface area (Å²) in [7, 11) is 0. The van der Waals surface area contributed by atoms with E-state index in [9.17, 15) is 4.79 Å². The monoisotopic (exact) mass is 265 g/mol. The van der Waals surface area contributed by atoms with E-state index in [1.54, 1.807) is 0 Å². The highest BCUT2D eigenvalue weighted by Crippen LogP contribution is 2.28. The molecule has 0 spiro atoms. The number of aromatic nitrogens is 2. The second kappa shape index (κ2) is 5.31. The van der Waals surface area contributed by atoms with Crippen molar-refractivity contribution in [2.24, 2.45) is 5.41 Å². The first-order valence-corrected chi connectivity index (χ1v) is 7.03. The Kier molecular flexibility index (Phi) is 3.92. The van der Waals surface area contributed by atoms with Gasteiger partial charge < -0.3 is 9.42 Å². The van der Waals surface area contributed by atoms with Crippen molar-refractivity contribution in [1.82, 2.24) is 15.0 Å². The van der Waals surface area contributed by atoms with Crippen molar-refractivity contribution in [3.05, 3.63) is 11.7 Å². The number of hydrogen-bond acceptors (Lipinski definition) is 4. The Balaban J connectivity index is 2.07. The van der Waals surface area contributed by atoms with Gasteiger partial charge in [0.25, 0.3) is 0 Å². The Hall–Kier alpha value is -1.39. The van der Waals surface area contributed by atoms with Gasteiger partial charge in [-0.2, -0.15) is 4.98 Å². The summed E-state index contributed by atoms with van der Waals surface area (Å²) >= 11 is 0. The molecular weight excluding hydrogens is 242 g/mol. The smallest absolute Gasteiger partial charge is 0.227 e. The summed E-state index contributed by atoms with van der Waals surface area (Å²) in [5, 5.41) is 4.04. The number of amides is 1. The van der Waals surface area contributed by atoms with Crippen molar-refractivity contribution < 1.29 is 9.32 Å². The molecule has 0 saturated carbocycles. The molecule has 1 aliphatic heterocycles. The van der Waals surface area contributed by atoms with E-state index in [1.807, 2.05) is 32.6 Å². The third-order valence-corrected chi connectivity index (χ3v) is 3.50. The van der Waals surface area contributed by atoms with Gasteiger partial charge in [0.2, 0.25) is 11.8 Å². The summed E-state index contributed by atoms with van der Waals surface area (Å²) in [5.41, 5.74) is -0.326. The van der Waals surface area contributed by atoms with E-state index in [0.29, 0.717) is 12.4 Å². The number of nitrogens with zero attached hydrogens (tertiary/aromatic N) is 3. The molecule has 1 aromatic rings. The predicted molar refractivity (Wildman–Crippen MR) is 71.7 cm³/mol. The molecule has 0 aliphatic carbocycles. The second-order valence-corrected chi connectivity index (χ2v) is 6.24. The highest BCUT2D eigenvalue weighted by molar-refractivity contribution is 5.81. The summed E-state index contributed by atoms with van der Waals surface area (Å²) in [6, 6.07) is 0. The normalized spacial score (nSPS) is 20.6. The van der Waals surface area contributed by atoms with Gasteiger partial charge in [-0.3, -0.25) is 4.79 Å². The molecule has 2 heterocycles. The lowest BCUT2D eigenvalue weighted by atomic mass is 9.91. The number of aryl methyl sites for hydroxylation is 1. The zero-order chi connectivity index (χ0) is 14.0. The van der Waals surface area contributed by atoms with Crippen LogP contribution in [-0.4, -0.2) is 34.0 Å². The predicted octanol–water partition coefficient (Wildman–Crippen LogP) is 2.38. The van der Waals surface area contributed by atoms with Crippen LogP contribution < -0.4 is 0 Å². The van der Waals surface area contributed by atoms with Crippen LogP contribution in [0.2, 0.25) is 0 Å². The van der Waals surface area contributed by atoms with Gasteiger partial charge in [0.05, 0.1) is 0 Å². The van der Waals surface area contributed by atoms with Crippen LogP contribution in [0.5, 0.6) is 0 Å². The van der Waals surface area contributed by atoms with E-state index in [1.165, 1.54) is 0 Å². The summed E-state index contributed by atoms with van der Waals surface area (Å²) in [5.74, 6) is 1.85. The van der Waals surface area contributed by atoms with E-state index >= 15 is 0 Å². The van der Waals surface area contributed by atoms with Crippen LogP contribution in [0.3, 0.4) is 0 Å². The molecule has 1 amide bonds. The molecule has 0 radical (unpaired) electrons. The average Bonchev–Trinajstić information content (AvgIpc) is 2.85. The van der Waals surface area contributed by atoms with Gasteiger partial charge in [0, 0.05) is 30.8 Å². The molecule has 1 aromatic heterocycles. The number of piperidine rings is 1. The van der Waals surface area contributed by atoms with Crippen molar-refractivity contribution in [3.8, 4) is 0 Å². The van der Waals surface area contributed by atoms with Gasteiger partial charge in [-0.05, 0) is 12.8 Å². The van der Waals surface area contributed by atoms with E-state index in [-0.39, 0.29) is 17.2 Å². The van der Waals surface area contributed by atoms with Crippen LogP contribution in [0.4, 0.5) is 0 Å². The van der Waals surface area contributed by atoms with Gasteiger partial charge in [-0.15, -0.1) is 0 Å². The summed E-state index contributed by atoms with van der Waals surface area (Å²) in [6.07, 6.45) is 2.78. The van der Waals surface area contributed by atoms with Gasteiger partial charge in [0.1, 0.15) is 0 Å². The lowest BCUT2D eigenvalue weighted by molar-refractivity contribution is -0.140. The molecule has 1 fully saturated rings. The lowest BCUT2D eigenvalue weighted by Crippen LogP contribution is -2.44. The Labute approximate surface area is 114 Å². The Morgan fingerprint density at radius 3 is 2.79 bits per heavy atom. The SMILES string of the molecule is CCc1nc([C@H]2CCCN(C(=O)C(C)(C)C)C2)no1. The summed E-state index contributed by atoms with van der Waals surface area (Å²) in [6.45, 7) is 9.42. The maximum Gasteiger partial charge on any atom is 0.227 e. The minimum absolute atomic E-state index is 0.205. The molecule has 106 valence electrons. The highest BCUT2D eigenvalue weighted by atomic mass is 16.5.